The second-order valence-electron chi connectivity index (χ2n) is 5.97. The molecule has 7 heteroatoms. The zero-order chi connectivity index (χ0) is 18.8. The fourth-order valence-electron chi connectivity index (χ4n) is 2.48. The van der Waals surface area contributed by atoms with E-state index in [9.17, 15) is 17.6 Å². The lowest BCUT2D eigenvalue weighted by atomic mass is 10.1. The van der Waals surface area contributed by atoms with Crippen LogP contribution >= 0.6 is 0 Å². The topological polar surface area (TPSA) is 66.5 Å². The molecule has 0 fully saturated rings. The molecule has 0 bridgehead atoms. The number of carbonyl (C=O) groups is 1. The van der Waals surface area contributed by atoms with Gasteiger partial charge >= 0.3 is 0 Å². The van der Waals surface area contributed by atoms with Crippen molar-refractivity contribution in [2.45, 2.75) is 26.8 Å². The molecule has 1 atom stereocenters. The van der Waals surface area contributed by atoms with Crippen LogP contribution < -0.4 is 9.62 Å². The van der Waals surface area contributed by atoms with Crippen molar-refractivity contribution in [2.24, 2.45) is 0 Å². The number of carbonyl (C=O) groups excluding carboxylic acids is 1. The van der Waals surface area contributed by atoms with Crippen molar-refractivity contribution in [1.29, 1.82) is 0 Å². The van der Waals surface area contributed by atoms with Gasteiger partial charge in [-0.25, -0.2) is 12.8 Å². The van der Waals surface area contributed by atoms with Gasteiger partial charge in [0.05, 0.1) is 11.9 Å². The summed E-state index contributed by atoms with van der Waals surface area (Å²) in [5, 5.41) is 2.68. The Balaban J connectivity index is 2.33. The fourth-order valence-corrected chi connectivity index (χ4v) is 3.65. The van der Waals surface area contributed by atoms with Gasteiger partial charge in [-0.05, 0) is 56.2 Å². The lowest BCUT2D eigenvalue weighted by Gasteiger charge is -2.28. The molecule has 0 unspecified atom stereocenters. The largest absolute Gasteiger partial charge is 0.324 e. The third-order valence-electron chi connectivity index (χ3n) is 3.95. The summed E-state index contributed by atoms with van der Waals surface area (Å²) in [6.45, 7) is 5.29. The molecule has 2 aromatic rings. The number of nitrogens with one attached hydrogen (secondary N) is 1. The third-order valence-corrected chi connectivity index (χ3v) is 5.18. The molecule has 0 heterocycles. The van der Waals surface area contributed by atoms with E-state index in [2.05, 4.69) is 5.32 Å². The molecule has 0 saturated heterocycles. The first-order valence-corrected chi connectivity index (χ1v) is 9.58. The number of hydrogen-bond acceptors (Lipinski definition) is 3. The van der Waals surface area contributed by atoms with E-state index in [4.69, 9.17) is 0 Å². The van der Waals surface area contributed by atoms with Crippen molar-refractivity contribution in [1.82, 2.24) is 0 Å². The number of benzene rings is 2. The highest BCUT2D eigenvalue weighted by Gasteiger charge is 2.30. The fraction of sp³-hybridized carbons (Fsp3) is 0.278. The second-order valence-corrected chi connectivity index (χ2v) is 7.83. The van der Waals surface area contributed by atoms with Crippen LogP contribution in [-0.2, 0) is 14.8 Å². The van der Waals surface area contributed by atoms with Gasteiger partial charge in [-0.3, -0.25) is 9.10 Å². The molecule has 5 nitrogen and oxygen atoms in total. The van der Waals surface area contributed by atoms with Crippen LogP contribution in [0.2, 0.25) is 0 Å². The molecule has 0 radical (unpaired) electrons. The zero-order valence-electron chi connectivity index (χ0n) is 14.6. The second kappa shape index (κ2) is 7.23. The van der Waals surface area contributed by atoms with E-state index in [-0.39, 0.29) is 5.69 Å². The molecule has 134 valence electrons. The van der Waals surface area contributed by atoms with Crippen LogP contribution in [0.25, 0.3) is 0 Å². The first-order valence-electron chi connectivity index (χ1n) is 7.73. The smallest absolute Gasteiger partial charge is 0.247 e. The molecule has 2 rings (SSSR count). The van der Waals surface area contributed by atoms with Gasteiger partial charge in [-0.1, -0.05) is 18.2 Å². The quantitative estimate of drug-likeness (QED) is 0.886. The van der Waals surface area contributed by atoms with Crippen LogP contribution in [0.3, 0.4) is 0 Å². The van der Waals surface area contributed by atoms with E-state index >= 15 is 0 Å². The summed E-state index contributed by atoms with van der Waals surface area (Å²) in [7, 11) is -3.86. The van der Waals surface area contributed by atoms with Crippen LogP contribution in [0.4, 0.5) is 15.8 Å². The molecule has 0 aliphatic heterocycles. The highest BCUT2D eigenvalue weighted by molar-refractivity contribution is 7.92. The molecule has 0 aliphatic rings. The van der Waals surface area contributed by atoms with Gasteiger partial charge in [-0.15, -0.1) is 0 Å². The third kappa shape index (κ3) is 4.36. The van der Waals surface area contributed by atoms with E-state index in [0.29, 0.717) is 5.69 Å². The van der Waals surface area contributed by atoms with Crippen LogP contribution in [0.15, 0.2) is 42.5 Å². The zero-order valence-corrected chi connectivity index (χ0v) is 15.4. The summed E-state index contributed by atoms with van der Waals surface area (Å²) in [4.78, 5) is 12.5. The predicted molar refractivity (Wildman–Crippen MR) is 97.7 cm³/mol. The molecule has 1 amide bonds. The van der Waals surface area contributed by atoms with Crippen molar-refractivity contribution in [3.8, 4) is 0 Å². The number of para-hydroxylation sites is 1. The van der Waals surface area contributed by atoms with Crippen LogP contribution in [0, 0.1) is 19.7 Å². The molecule has 1 N–H and O–H groups in total. The average Bonchev–Trinajstić information content (AvgIpc) is 2.51. The normalized spacial score (nSPS) is 12.5. The van der Waals surface area contributed by atoms with Crippen molar-refractivity contribution in [2.75, 3.05) is 15.9 Å². The van der Waals surface area contributed by atoms with E-state index in [0.717, 1.165) is 27.8 Å². The van der Waals surface area contributed by atoms with E-state index in [1.165, 1.54) is 25.1 Å². The van der Waals surface area contributed by atoms with E-state index in [1.54, 1.807) is 12.1 Å². The Bertz CT molecular complexity index is 897. The van der Waals surface area contributed by atoms with E-state index in [1.807, 2.05) is 19.9 Å². The number of aryl methyl sites for hydroxylation is 2. The maximum absolute atomic E-state index is 14.1. The van der Waals surface area contributed by atoms with E-state index < -0.39 is 27.8 Å². The first kappa shape index (κ1) is 18.9. The number of halogens is 1. The van der Waals surface area contributed by atoms with Crippen molar-refractivity contribution in [3.63, 3.8) is 0 Å². The molecule has 0 aromatic heterocycles. The Morgan fingerprint density at radius 2 is 1.76 bits per heavy atom. The highest BCUT2D eigenvalue weighted by atomic mass is 32.2. The summed E-state index contributed by atoms with van der Waals surface area (Å²) >= 11 is 0. The summed E-state index contributed by atoms with van der Waals surface area (Å²) < 4.78 is 39.2. The number of hydrogen-bond donors (Lipinski definition) is 1. The molecule has 0 aliphatic carbocycles. The Kier molecular flexibility index (Phi) is 5.47. The maximum Gasteiger partial charge on any atom is 0.247 e. The summed E-state index contributed by atoms with van der Waals surface area (Å²) in [5.41, 5.74) is 2.48. The number of amides is 1. The summed E-state index contributed by atoms with van der Waals surface area (Å²) in [6, 6.07) is 9.74. The van der Waals surface area contributed by atoms with Gasteiger partial charge in [0.2, 0.25) is 15.9 Å². The predicted octanol–water partition coefficient (Wildman–Crippen LogP) is 3.24. The SMILES string of the molecule is Cc1ccc(NC(=O)[C@@H](C)N(c2ccccc2F)S(C)(=O)=O)cc1C. The lowest BCUT2D eigenvalue weighted by Crippen LogP contribution is -2.45. The van der Waals surface area contributed by atoms with Gasteiger partial charge in [0, 0.05) is 5.69 Å². The maximum atomic E-state index is 14.1. The summed E-state index contributed by atoms with van der Waals surface area (Å²) in [5.74, 6) is -1.25. The van der Waals surface area contributed by atoms with Crippen LogP contribution in [-0.4, -0.2) is 26.6 Å². The minimum Gasteiger partial charge on any atom is -0.324 e. The van der Waals surface area contributed by atoms with Gasteiger partial charge in [-0.2, -0.15) is 0 Å². The molecule has 25 heavy (non-hydrogen) atoms. The standard InChI is InChI=1S/C18H21FN2O3S/c1-12-9-10-15(11-13(12)2)20-18(22)14(3)21(25(4,23)24)17-8-6-5-7-16(17)19/h5-11,14H,1-4H3,(H,20,22)/t14-/m1/s1. The Labute approximate surface area is 147 Å². The highest BCUT2D eigenvalue weighted by Crippen LogP contribution is 2.25. The average molecular weight is 364 g/mol. The minimum absolute atomic E-state index is 0.160. The Hall–Kier alpha value is -2.41. The molecule has 2 aromatic carbocycles. The van der Waals surface area contributed by atoms with Crippen molar-refractivity contribution >= 4 is 27.3 Å². The Morgan fingerprint density at radius 3 is 2.32 bits per heavy atom. The Morgan fingerprint density at radius 1 is 1.12 bits per heavy atom. The summed E-state index contributed by atoms with van der Waals surface area (Å²) in [6.07, 6.45) is 0.944. The number of anilines is 2. The molecular weight excluding hydrogens is 343 g/mol. The minimum atomic E-state index is -3.86. The number of rotatable bonds is 5. The van der Waals surface area contributed by atoms with Crippen molar-refractivity contribution < 1.29 is 17.6 Å². The molecule has 0 saturated carbocycles. The van der Waals surface area contributed by atoms with Crippen LogP contribution in [0.1, 0.15) is 18.1 Å². The van der Waals surface area contributed by atoms with Gasteiger partial charge < -0.3 is 5.32 Å². The van der Waals surface area contributed by atoms with Gasteiger partial charge in [0.1, 0.15) is 11.9 Å². The van der Waals surface area contributed by atoms with Crippen LogP contribution in [0.5, 0.6) is 0 Å². The van der Waals surface area contributed by atoms with Gasteiger partial charge in [0.15, 0.2) is 0 Å². The monoisotopic (exact) mass is 364 g/mol. The first-order chi connectivity index (χ1) is 11.6. The molecule has 0 spiro atoms. The number of nitrogens with zero attached hydrogens (tertiary/aromatic N) is 1. The van der Waals surface area contributed by atoms with Gasteiger partial charge in [0.25, 0.3) is 0 Å². The number of sulfonamides is 1. The van der Waals surface area contributed by atoms with Crippen molar-refractivity contribution in [3.05, 3.63) is 59.4 Å². The molecular formula is C18H21FN2O3S. The lowest BCUT2D eigenvalue weighted by molar-refractivity contribution is -0.116.